The first-order chi connectivity index (χ1) is 18.6. The number of ether oxygens (including phenoxy) is 1. The molecule has 0 unspecified atom stereocenters. The number of fused-ring (bicyclic) bond motifs is 2. The van der Waals surface area contributed by atoms with Gasteiger partial charge in [0.1, 0.15) is 4.53 Å². The van der Waals surface area contributed by atoms with Gasteiger partial charge < -0.3 is 9.64 Å². The van der Waals surface area contributed by atoms with Crippen LogP contribution in [0.5, 0.6) is 0 Å². The van der Waals surface area contributed by atoms with Crippen molar-refractivity contribution in [1.82, 2.24) is 4.57 Å². The first kappa shape index (κ1) is 26.6. The van der Waals surface area contributed by atoms with Gasteiger partial charge in [-0.05, 0) is 36.5 Å². The normalized spacial score (nSPS) is 18.0. The summed E-state index contributed by atoms with van der Waals surface area (Å²) in [5, 5.41) is 0. The van der Waals surface area contributed by atoms with Gasteiger partial charge in [0.15, 0.2) is 4.80 Å². The quantitative estimate of drug-likeness (QED) is 0.361. The molecule has 0 spiro atoms. The van der Waals surface area contributed by atoms with E-state index in [1.165, 1.54) is 15.9 Å². The molecule has 0 saturated carbocycles. The average molecular weight is 542 g/mol. The van der Waals surface area contributed by atoms with E-state index in [2.05, 4.69) is 32.3 Å². The van der Waals surface area contributed by atoms with E-state index in [0.29, 0.717) is 38.3 Å². The third kappa shape index (κ3) is 4.38. The van der Waals surface area contributed by atoms with Gasteiger partial charge in [-0.3, -0.25) is 14.2 Å². The molecule has 1 atom stereocenters. The smallest absolute Gasteiger partial charge is 0.338 e. The summed E-state index contributed by atoms with van der Waals surface area (Å²) < 4.78 is 7.23. The number of amides is 1. The Bertz CT molecular complexity index is 1720. The highest BCUT2D eigenvalue weighted by atomic mass is 32.1. The van der Waals surface area contributed by atoms with Gasteiger partial charge in [0.2, 0.25) is 0 Å². The third-order valence-electron chi connectivity index (χ3n) is 7.05. The molecule has 1 aromatic heterocycles. The Kier molecular flexibility index (Phi) is 6.76. The van der Waals surface area contributed by atoms with E-state index in [0.717, 1.165) is 16.8 Å². The molecule has 0 bridgehead atoms. The van der Waals surface area contributed by atoms with Crippen LogP contribution in [0.25, 0.3) is 5.57 Å². The van der Waals surface area contributed by atoms with Crippen LogP contribution in [0.2, 0.25) is 0 Å². The molecule has 2 aliphatic heterocycles. The van der Waals surface area contributed by atoms with Crippen LogP contribution in [0.1, 0.15) is 57.4 Å². The Hall–Kier alpha value is -4.04. The number of carbonyl (C=O) groups excluding carboxylic acids is 2. The lowest BCUT2D eigenvalue weighted by Crippen LogP contribution is -2.41. The van der Waals surface area contributed by atoms with Crippen LogP contribution in [0, 0.1) is 0 Å². The van der Waals surface area contributed by atoms with Crippen LogP contribution in [0.15, 0.2) is 82.2 Å². The molecule has 200 valence electrons. The van der Waals surface area contributed by atoms with E-state index in [9.17, 15) is 14.4 Å². The summed E-state index contributed by atoms with van der Waals surface area (Å²) in [5.41, 5.74) is 4.06. The number of carbonyl (C=O) groups is 2. The molecule has 39 heavy (non-hydrogen) atoms. The van der Waals surface area contributed by atoms with Crippen molar-refractivity contribution < 1.29 is 14.3 Å². The number of aromatic nitrogens is 1. The van der Waals surface area contributed by atoms with Gasteiger partial charge in [-0.15, -0.1) is 6.58 Å². The Morgan fingerprint density at radius 1 is 1.13 bits per heavy atom. The minimum Gasteiger partial charge on any atom is -0.463 e. The highest BCUT2D eigenvalue weighted by Gasteiger charge is 2.37. The molecular formula is C31H31N3O4S. The highest BCUT2D eigenvalue weighted by Crippen LogP contribution is 2.36. The van der Waals surface area contributed by atoms with Gasteiger partial charge in [-0.2, -0.15) is 0 Å². The molecule has 0 N–H and O–H groups in total. The molecule has 0 saturated heterocycles. The fourth-order valence-electron chi connectivity index (χ4n) is 5.13. The minimum atomic E-state index is -0.736. The van der Waals surface area contributed by atoms with Gasteiger partial charge in [0.05, 0.1) is 35.2 Å². The molecule has 2 aromatic carbocycles. The summed E-state index contributed by atoms with van der Waals surface area (Å²) in [5.74, 6) is -0.769. The zero-order chi connectivity index (χ0) is 28.1. The lowest BCUT2D eigenvalue weighted by Gasteiger charge is -2.26. The highest BCUT2D eigenvalue weighted by molar-refractivity contribution is 7.07. The molecule has 0 aliphatic carbocycles. The van der Waals surface area contributed by atoms with E-state index < -0.39 is 12.0 Å². The first-order valence-corrected chi connectivity index (χ1v) is 13.7. The van der Waals surface area contributed by atoms with E-state index in [-0.39, 0.29) is 23.5 Å². The third-order valence-corrected chi connectivity index (χ3v) is 8.10. The number of anilines is 1. The summed E-state index contributed by atoms with van der Waals surface area (Å²) in [6.07, 6.45) is 1.66. The predicted octanol–water partition coefficient (Wildman–Crippen LogP) is 4.00. The molecule has 3 heterocycles. The average Bonchev–Trinajstić information content (AvgIpc) is 3.36. The molecule has 5 rings (SSSR count). The number of para-hydroxylation sites is 1. The maximum Gasteiger partial charge on any atom is 0.338 e. The number of esters is 1. The lowest BCUT2D eigenvalue weighted by atomic mass is 9.85. The van der Waals surface area contributed by atoms with E-state index in [4.69, 9.17) is 4.74 Å². The first-order valence-electron chi connectivity index (χ1n) is 12.9. The zero-order valence-electron chi connectivity index (χ0n) is 22.8. The van der Waals surface area contributed by atoms with Gasteiger partial charge in [0.25, 0.3) is 11.5 Å². The van der Waals surface area contributed by atoms with Crippen LogP contribution in [0.3, 0.4) is 0 Å². The number of nitrogens with zero attached hydrogens (tertiary/aromatic N) is 3. The molecule has 7 nitrogen and oxygen atoms in total. The van der Waals surface area contributed by atoms with Gasteiger partial charge >= 0.3 is 5.97 Å². The van der Waals surface area contributed by atoms with Crippen LogP contribution in [-0.2, 0) is 19.7 Å². The fourth-order valence-corrected chi connectivity index (χ4v) is 6.27. The Morgan fingerprint density at radius 2 is 1.82 bits per heavy atom. The molecule has 0 radical (unpaired) electrons. The van der Waals surface area contributed by atoms with Crippen molar-refractivity contribution in [3.63, 3.8) is 0 Å². The number of hydrogen-bond acceptors (Lipinski definition) is 6. The largest absolute Gasteiger partial charge is 0.463 e. The van der Waals surface area contributed by atoms with Crippen molar-refractivity contribution in [3.8, 4) is 0 Å². The van der Waals surface area contributed by atoms with Crippen LogP contribution >= 0.6 is 11.3 Å². The Balaban J connectivity index is 1.79. The molecular weight excluding hydrogens is 510 g/mol. The summed E-state index contributed by atoms with van der Waals surface area (Å²) >= 11 is 1.17. The Labute approximate surface area is 231 Å². The van der Waals surface area contributed by atoms with Crippen molar-refractivity contribution in [1.29, 1.82) is 0 Å². The second-order valence-electron chi connectivity index (χ2n) is 10.6. The minimum absolute atomic E-state index is 0.0577. The summed E-state index contributed by atoms with van der Waals surface area (Å²) in [6.45, 7) is 14.2. The summed E-state index contributed by atoms with van der Waals surface area (Å²) in [6, 6.07) is 14.6. The molecule has 0 fully saturated rings. The molecule has 2 aliphatic rings. The van der Waals surface area contributed by atoms with Gasteiger partial charge in [0, 0.05) is 12.1 Å². The number of thiazole rings is 1. The maximum atomic E-state index is 14.2. The van der Waals surface area contributed by atoms with Crippen LogP contribution < -0.4 is 19.8 Å². The molecule has 1 amide bonds. The fraction of sp³-hybridized carbons (Fsp3) is 0.290. The zero-order valence-corrected chi connectivity index (χ0v) is 23.6. The van der Waals surface area contributed by atoms with Crippen molar-refractivity contribution in [2.75, 3.05) is 18.1 Å². The van der Waals surface area contributed by atoms with E-state index in [1.807, 2.05) is 48.5 Å². The van der Waals surface area contributed by atoms with Crippen molar-refractivity contribution in [2.24, 2.45) is 4.99 Å². The SMILES string of the molecule is C=CCN1C(=O)C(=c2sc3n(c2=O)[C@@H](c2ccc(C(C)(C)C)cc2)C(C(=O)OCC)=C(C)N=3)c2ccccc21. The number of allylic oxidation sites excluding steroid dienone is 1. The maximum absolute atomic E-state index is 14.2. The van der Waals surface area contributed by atoms with Crippen LogP contribution in [-0.4, -0.2) is 29.6 Å². The summed E-state index contributed by atoms with van der Waals surface area (Å²) in [7, 11) is 0. The number of hydrogen-bond donors (Lipinski definition) is 0. The van der Waals surface area contributed by atoms with Crippen molar-refractivity contribution in [3.05, 3.63) is 109 Å². The number of rotatable bonds is 5. The second-order valence-corrected chi connectivity index (χ2v) is 11.6. The second kappa shape index (κ2) is 9.93. The molecule has 3 aromatic rings. The van der Waals surface area contributed by atoms with E-state index >= 15 is 0 Å². The topological polar surface area (TPSA) is 81.0 Å². The van der Waals surface area contributed by atoms with Crippen LogP contribution in [0.4, 0.5) is 5.69 Å². The van der Waals surface area contributed by atoms with Crippen molar-refractivity contribution in [2.45, 2.75) is 46.1 Å². The monoisotopic (exact) mass is 541 g/mol. The van der Waals surface area contributed by atoms with E-state index in [1.54, 1.807) is 24.8 Å². The van der Waals surface area contributed by atoms with Gasteiger partial charge in [-0.1, -0.05) is 80.6 Å². The molecule has 8 heteroatoms. The Morgan fingerprint density at radius 3 is 2.46 bits per heavy atom. The number of benzene rings is 2. The predicted molar refractivity (Wildman–Crippen MR) is 153 cm³/mol. The van der Waals surface area contributed by atoms with Crippen molar-refractivity contribution >= 4 is 34.5 Å². The van der Waals surface area contributed by atoms with Gasteiger partial charge in [-0.25, -0.2) is 9.79 Å². The lowest BCUT2D eigenvalue weighted by molar-refractivity contribution is -0.139. The standard InChI is InChI=1S/C31H31N3O4S/c1-7-17-33-22-12-10-9-11-21(22)24(27(33)35)26-28(36)34-25(19-13-15-20(16-14-19)31(4,5)6)23(29(37)38-8-2)18(3)32-30(34)39-26/h7,9-16,25H,1,8,17H2,2-6H3/t25-/m0/s1. The summed E-state index contributed by atoms with van der Waals surface area (Å²) in [4.78, 5) is 47.7.